The zero-order valence-electron chi connectivity index (χ0n) is 80.8. The predicted molar refractivity (Wildman–Crippen MR) is 522 cm³/mol. The summed E-state index contributed by atoms with van der Waals surface area (Å²) in [5, 5.41) is 106. The number of aromatic hydroxyl groups is 1. The van der Waals surface area contributed by atoms with Crippen LogP contribution in [0.15, 0.2) is 84.0 Å². The van der Waals surface area contributed by atoms with E-state index in [9.17, 15) is 69.6 Å². The van der Waals surface area contributed by atoms with E-state index >= 15 is 4.79 Å². The van der Waals surface area contributed by atoms with Gasteiger partial charge in [-0.05, 0) is 138 Å². The van der Waals surface area contributed by atoms with Crippen LogP contribution < -0.4 is 36.1 Å². The monoisotopic (exact) mass is 2010 g/mol. The minimum absolute atomic E-state index is 0.00704. The molecule has 8 unspecified atom stereocenters. The van der Waals surface area contributed by atoms with Crippen LogP contribution in [-0.4, -0.2) is 321 Å². The Morgan fingerprint density at radius 2 is 1.58 bits per heavy atom. The summed E-state index contributed by atoms with van der Waals surface area (Å²) >= 11 is 0. The van der Waals surface area contributed by atoms with Gasteiger partial charge in [-0.3, -0.25) is 38.6 Å². The van der Waals surface area contributed by atoms with Gasteiger partial charge in [0.05, 0.1) is 104 Å². The van der Waals surface area contributed by atoms with Crippen LogP contribution in [0.3, 0.4) is 0 Å². The van der Waals surface area contributed by atoms with E-state index in [4.69, 9.17) is 52.2 Å². The minimum atomic E-state index is -2.13. The summed E-state index contributed by atoms with van der Waals surface area (Å²) < 4.78 is 60.8. The van der Waals surface area contributed by atoms with Crippen LogP contribution >= 0.6 is 43.2 Å². The third-order valence-electron chi connectivity index (χ3n) is 31.3. The molecular formula is C99H134N10O26S4. The van der Waals surface area contributed by atoms with Crippen LogP contribution in [0.25, 0.3) is 10.9 Å². The Bertz CT molecular complexity index is 5400. The maximum atomic E-state index is 15.3. The normalized spacial score (nSPS) is 33.5. The first kappa shape index (κ1) is 104. The zero-order chi connectivity index (χ0) is 99.1. The summed E-state index contributed by atoms with van der Waals surface area (Å²) in [7, 11) is 13.9. The molecule has 40 heteroatoms. The van der Waals surface area contributed by atoms with Gasteiger partial charge in [-0.15, -0.1) is 5.59 Å². The fraction of sp³-hybridized carbons (Fsp3) is 0.636. The average molecular weight is 2010 g/mol. The number of hydrogen-bond donors (Lipinski definition) is 13. The standard InChI is InChI=1S/C99H134N10O26S4/c1-13-94(122)43-57-44-98(92(119)120,86-62(28-33-108(47-57)51-94)61-21-16-17-22-66(61)100-86)74-46-97-64-25-24-60(125-11)40-68(64)107(10)90(97)99(124,91(118)95(14-2)31-19-32-109(74)89(95)97)52-130-105-104-93(121)127-34-37-138-139-50-67(88(116)117)101-87(115)53(4)48-128-76(112)30-36-137-136-35-29-75(111)103-102-65-26-27-77(131-55(65)6)135-85-56(7)132-79(42-70(85)110)134-73-49-129-78(41-69(73)106(8)9)133-72-45-96(123,15-3)54(5)63-39-59-38-58-20-18-23-71(126-12)80(58)83(113)81(59)84(114)82(63)72/h16-25,31,39-40,53-57,67,69-70,72-74,77-79,85,89-91,100,105,110,114,118,122-124H,13-15,26-30,32-38,41-52H2,1-12H3,(H,101,115)(H,103,111)(H,104,121)(H,116,117)(H,119,120)/b102-65+/t53?,54-,55?,56?,57?,67?,69-,70?,72+,73-,74?,77+,78+,79+,85-,89+,90-,91-,94+,95-,96-,97-,98+,99+/m1/s1. The van der Waals surface area contributed by atoms with Crippen molar-refractivity contribution in [1.29, 1.82) is 0 Å². The van der Waals surface area contributed by atoms with Gasteiger partial charge in [0.1, 0.15) is 60.2 Å². The molecule has 3 aliphatic carbocycles. The minimum Gasteiger partial charge on any atom is -0.507 e. The van der Waals surface area contributed by atoms with Crippen molar-refractivity contribution in [3.8, 4) is 17.2 Å². The molecule has 0 radical (unpaired) electrons. The molecule has 1 spiro atoms. The molecule has 2 bridgehead atoms. The molecule has 1 aromatic heterocycles. The smallest absolute Gasteiger partial charge is 0.423 e. The van der Waals surface area contributed by atoms with E-state index in [1.165, 1.54) is 46.4 Å². The number of hydrazone groups is 1. The number of methoxy groups -OCH3 is 2. The number of fused-ring (bicyclic) bond motifs is 9. The van der Waals surface area contributed by atoms with Crippen LogP contribution in [0.4, 0.5) is 10.5 Å². The summed E-state index contributed by atoms with van der Waals surface area (Å²) in [4.78, 5) is 112. The van der Waals surface area contributed by atoms with Crippen LogP contribution in [0, 0.1) is 17.3 Å². The highest BCUT2D eigenvalue weighted by atomic mass is 33.1. The van der Waals surface area contributed by atoms with Crippen LogP contribution in [0.1, 0.15) is 199 Å². The van der Waals surface area contributed by atoms with E-state index in [2.05, 4.69) is 41.6 Å². The number of nitrogens with one attached hydrogen (secondary N) is 5. The fourth-order valence-electron chi connectivity index (χ4n) is 24.4. The van der Waals surface area contributed by atoms with Crippen molar-refractivity contribution >= 4 is 107 Å². The number of carboxylic acids is 2. The van der Waals surface area contributed by atoms with Crippen molar-refractivity contribution in [2.24, 2.45) is 22.4 Å². The highest BCUT2D eigenvalue weighted by molar-refractivity contribution is 8.77. The molecule has 25 atom stereocenters. The van der Waals surface area contributed by atoms with Crippen molar-refractivity contribution < 1.29 is 127 Å². The number of H-pyrrole nitrogens is 1. The number of anilines is 1. The molecule has 5 aromatic rings. The molecule has 3 amide bonds. The molecule has 1 saturated carbocycles. The van der Waals surface area contributed by atoms with Crippen molar-refractivity contribution in [3.63, 3.8) is 0 Å². The number of ketones is 1. The number of esters is 1. The molecular weight excluding hydrogens is 1870 g/mol. The first-order chi connectivity index (χ1) is 66.5. The highest BCUT2D eigenvalue weighted by Crippen LogP contribution is 2.70. The fourth-order valence-corrected chi connectivity index (χ4v) is 28.4. The summed E-state index contributed by atoms with van der Waals surface area (Å²) in [6.07, 6.45) is -0.395. The summed E-state index contributed by atoms with van der Waals surface area (Å²) in [5.74, 6) is -3.95. The highest BCUT2D eigenvalue weighted by Gasteiger charge is 2.80. The van der Waals surface area contributed by atoms with Gasteiger partial charge in [-0.25, -0.2) is 20.4 Å². The molecule has 139 heavy (non-hydrogen) atoms. The summed E-state index contributed by atoms with van der Waals surface area (Å²) in [5.41, 5.74) is 7.06. The topological polar surface area (TPSA) is 472 Å². The van der Waals surface area contributed by atoms with Crippen molar-refractivity contribution in [3.05, 3.63) is 129 Å². The number of piperidine rings is 1. The van der Waals surface area contributed by atoms with Crippen molar-refractivity contribution in [2.45, 2.75) is 270 Å². The number of phenols is 1. The second-order valence-electron chi connectivity index (χ2n) is 39.6. The van der Waals surface area contributed by atoms with Gasteiger partial charge in [0.25, 0.3) is 0 Å². The van der Waals surface area contributed by atoms with E-state index in [-0.39, 0.29) is 111 Å². The Labute approximate surface area is 824 Å². The van der Waals surface area contributed by atoms with Crippen LogP contribution in [0.5, 0.6) is 17.2 Å². The number of para-hydroxylation sites is 1. The lowest BCUT2D eigenvalue weighted by molar-refractivity contribution is -0.314. The summed E-state index contributed by atoms with van der Waals surface area (Å²) in [6, 6.07) is 17.3. The molecule has 6 fully saturated rings. The number of ether oxygens (including phenoxy) is 10. The van der Waals surface area contributed by atoms with Crippen molar-refractivity contribution in [2.75, 3.05) is 116 Å². The van der Waals surface area contributed by atoms with E-state index in [1.807, 2.05) is 131 Å². The lowest BCUT2D eigenvalue weighted by Crippen LogP contribution is -2.80. The number of likely N-dealkylation sites (N-methyl/N-ethyl adjacent to an activating group) is 2. The second kappa shape index (κ2) is 43.2. The number of hydrazine groups is 1. The maximum absolute atomic E-state index is 15.3. The van der Waals surface area contributed by atoms with Crippen molar-refractivity contribution in [1.82, 2.24) is 41.4 Å². The molecule has 11 aliphatic rings. The lowest BCUT2D eigenvalue weighted by Gasteiger charge is -2.64. The van der Waals surface area contributed by atoms with Gasteiger partial charge in [0.15, 0.2) is 18.9 Å². The molecule has 16 rings (SSSR count). The Morgan fingerprint density at radius 3 is 2.31 bits per heavy atom. The molecule has 13 N–H and O–H groups in total. The quantitative estimate of drug-likeness (QED) is 0.00569. The third-order valence-corrected chi connectivity index (χ3v) is 36.1. The number of carboxylic acid groups (broad SMARTS) is 2. The zero-order valence-corrected chi connectivity index (χ0v) is 84.1. The number of amides is 3. The number of carbonyl (C=O) groups excluding carboxylic acids is 5. The molecule has 760 valence electrons. The number of carbonyl (C=O) groups is 7. The van der Waals surface area contributed by atoms with Gasteiger partial charge in [-0.2, -0.15) is 5.10 Å². The first-order valence-electron chi connectivity index (χ1n) is 48.4. The third kappa shape index (κ3) is 20.3. The molecule has 9 heterocycles. The van der Waals surface area contributed by atoms with Gasteiger partial charge in [0, 0.05) is 157 Å². The first-order valence-corrected chi connectivity index (χ1v) is 53.4. The average Bonchev–Trinajstić information content (AvgIpc) is 1.47. The van der Waals surface area contributed by atoms with Gasteiger partial charge in [-0.1, -0.05) is 132 Å². The predicted octanol–water partition coefficient (Wildman–Crippen LogP) is 8.83. The Morgan fingerprint density at radius 1 is 0.806 bits per heavy atom. The molecule has 8 aliphatic heterocycles. The Hall–Kier alpha value is -7.92. The number of benzene rings is 4. The lowest BCUT2D eigenvalue weighted by atomic mass is 9.47. The number of phenolic OH excluding ortho intramolecular Hbond substituents is 1. The van der Waals surface area contributed by atoms with Crippen LogP contribution in [-0.2, 0) is 90.4 Å². The maximum Gasteiger partial charge on any atom is 0.423 e. The second-order valence-corrected chi connectivity index (χ2v) is 44.9. The molecule has 4 aromatic carbocycles. The van der Waals surface area contributed by atoms with Gasteiger partial charge in [0.2, 0.25) is 17.6 Å². The number of aliphatic carboxylic acids is 2. The molecule has 36 nitrogen and oxygen atoms in total. The van der Waals surface area contributed by atoms with Gasteiger partial charge < -0.3 is 108 Å². The van der Waals surface area contributed by atoms with E-state index < -0.39 is 161 Å². The molecule has 5 saturated heterocycles. The van der Waals surface area contributed by atoms with E-state index in [0.717, 1.165) is 49.6 Å². The summed E-state index contributed by atoms with van der Waals surface area (Å²) in [6.45, 7) is 14.1. The SMILES string of the molecule is CC[C@]1(O)CC2CN(CCc3c([nH]c4ccccc34)[C@@](C(=O)O)(C3C[C@]45c6ccc(OC)cc6N(C)[C@H]4[C@@](O)(CONNC(=O)OCCSSCC(NC(=O)C(C)COC(=O)CCSSCCC(=O)N/N=C4\CC[C@H](O[C@H]6C(O)C[C@H](O[C@@H]7CO[C@@H](O[C@H]8C[C@](O)(CC)[C@H](C)c9cc%10c(c(O)c98)C(=O)c8c(cccc8OC)C%10)C[C@H]7N(C)C)OC6C)OC4C)C(=O)O)[C@H](O)[C@]4(CC)C=CCN3[C@@H]45)C2)C1. The largest absolute Gasteiger partial charge is 0.507 e. The van der Waals surface area contributed by atoms with Gasteiger partial charge >= 0.3 is 24.0 Å². The number of rotatable bonds is 37. The van der Waals surface area contributed by atoms with Crippen LogP contribution in [0.2, 0.25) is 0 Å². The number of aromatic nitrogens is 1. The number of nitrogens with zero attached hydrogens (tertiary/aromatic N) is 5. The Balaban J connectivity index is 0.429. The number of hydrogen-bond acceptors (Lipinski definition) is 34. The number of aromatic amines is 1. The number of aliphatic hydroxyl groups is 5. The van der Waals surface area contributed by atoms with E-state index in [1.54, 1.807) is 27.0 Å². The number of aliphatic hydroxyl groups excluding tert-OH is 2. The van der Waals surface area contributed by atoms with E-state index in [0.29, 0.717) is 135 Å². The Kier molecular flexibility index (Phi) is 32.3.